The second-order valence-electron chi connectivity index (χ2n) is 16.6. The van der Waals surface area contributed by atoms with Gasteiger partial charge in [-0.05, 0) is 105 Å². The molecule has 2 aliphatic rings. The smallest absolute Gasteiger partial charge is 0.337 e. The first-order valence-electron chi connectivity index (χ1n) is 21.7. The van der Waals surface area contributed by atoms with Crippen LogP contribution in [0.5, 0.6) is 5.75 Å². The van der Waals surface area contributed by atoms with E-state index < -0.39 is 23.1 Å². The predicted octanol–water partition coefficient (Wildman–Crippen LogP) is 7.13. The number of benzene rings is 3. The number of likely N-dealkylation sites (N-methyl/N-ethyl adjacent to an activating group) is 1. The van der Waals surface area contributed by atoms with E-state index in [0.29, 0.717) is 50.6 Å². The van der Waals surface area contributed by atoms with Gasteiger partial charge in [-0.2, -0.15) is 0 Å². The van der Waals surface area contributed by atoms with Gasteiger partial charge in [0.25, 0.3) is 5.56 Å². The maximum Gasteiger partial charge on any atom is 0.337 e. The van der Waals surface area contributed by atoms with Gasteiger partial charge in [-0.3, -0.25) is 24.0 Å². The van der Waals surface area contributed by atoms with E-state index in [0.717, 1.165) is 81.0 Å². The lowest BCUT2D eigenvalue weighted by Gasteiger charge is -2.37. The number of carbonyl (C=O) groups is 1. The second-order valence-corrected chi connectivity index (χ2v) is 16.6. The molecule has 1 aliphatic carbocycles. The number of hydrogen-bond acceptors (Lipinski definition) is 8. The van der Waals surface area contributed by atoms with E-state index in [4.69, 9.17) is 4.74 Å². The molecular formula is C48H60FN7O4. The van der Waals surface area contributed by atoms with Gasteiger partial charge in [0.1, 0.15) is 18.2 Å². The monoisotopic (exact) mass is 817 g/mol. The highest BCUT2D eigenvalue weighted by Crippen LogP contribution is 2.32. The molecule has 60 heavy (non-hydrogen) atoms. The van der Waals surface area contributed by atoms with Gasteiger partial charge in [0.05, 0.1) is 17.3 Å². The van der Waals surface area contributed by atoms with Crippen molar-refractivity contribution >= 4 is 16.9 Å². The Labute approximate surface area is 353 Å². The molecule has 3 heterocycles. The van der Waals surface area contributed by atoms with E-state index in [9.17, 15) is 18.8 Å². The Hall–Kier alpha value is -5.17. The molecule has 0 unspecified atom stereocenters. The average molecular weight is 818 g/mol. The van der Waals surface area contributed by atoms with E-state index in [2.05, 4.69) is 71.6 Å². The van der Waals surface area contributed by atoms with Gasteiger partial charge in [0, 0.05) is 70.9 Å². The summed E-state index contributed by atoms with van der Waals surface area (Å²) in [5.74, 6) is 0.122. The number of ether oxygens (including phenoxy) is 1. The Morgan fingerprint density at radius 3 is 2.20 bits per heavy atom. The summed E-state index contributed by atoms with van der Waals surface area (Å²) in [6.45, 7) is 19.4. The highest BCUT2D eigenvalue weighted by Gasteiger charge is 2.31. The van der Waals surface area contributed by atoms with Crippen molar-refractivity contribution in [3.8, 4) is 22.6 Å². The van der Waals surface area contributed by atoms with Crippen molar-refractivity contribution in [3.05, 3.63) is 123 Å². The van der Waals surface area contributed by atoms with Crippen molar-refractivity contribution < 1.29 is 13.9 Å². The molecule has 1 saturated heterocycles. The Bertz CT molecular complexity index is 2340. The number of rotatable bonds is 15. The number of nitrogens with zero attached hydrogens (tertiary/aromatic N) is 7. The van der Waals surface area contributed by atoms with Crippen LogP contribution in [0.3, 0.4) is 0 Å². The van der Waals surface area contributed by atoms with Crippen LogP contribution in [0.2, 0.25) is 0 Å². The molecule has 0 spiro atoms. The Morgan fingerprint density at radius 2 is 1.55 bits per heavy atom. The molecule has 0 bridgehead atoms. The van der Waals surface area contributed by atoms with Crippen LogP contribution in [0, 0.1) is 5.82 Å². The zero-order chi connectivity index (χ0) is 42.3. The molecule has 2 aromatic heterocycles. The van der Waals surface area contributed by atoms with Crippen LogP contribution in [0.15, 0.2) is 94.6 Å². The maximum atomic E-state index is 14.7. The van der Waals surface area contributed by atoms with E-state index >= 15 is 0 Å². The third-order valence-electron chi connectivity index (χ3n) is 12.6. The molecule has 1 amide bonds. The first-order valence-corrected chi connectivity index (χ1v) is 21.7. The standard InChI is InChI=1S/C48H60FN7O4/c1-6-51(7-2)27-28-60-44-21-13-37(14-22-44)33-54(35(5)57)41-17-19-42(20-18-41)56-47(58)45-30-40(49)31-50-46(45)55(48(56)59)43-10-8-9-39(29-43)38-15-11-36(12-16-38)32-52-23-25-53(26-24-52)34(3)4/h8-16,21-22,29-31,34,41-42H,6-7,17-20,23-28,32-33H2,1-5H3. The van der Waals surface area contributed by atoms with Gasteiger partial charge in [-0.15, -0.1) is 0 Å². The lowest BCUT2D eigenvalue weighted by molar-refractivity contribution is -0.132. The van der Waals surface area contributed by atoms with Crippen LogP contribution in [-0.2, 0) is 17.9 Å². The molecule has 3 aromatic carbocycles. The van der Waals surface area contributed by atoms with E-state index in [1.54, 1.807) is 6.92 Å². The van der Waals surface area contributed by atoms with E-state index in [1.807, 2.05) is 53.4 Å². The number of piperazine rings is 1. The number of aromatic nitrogens is 3. The van der Waals surface area contributed by atoms with Gasteiger partial charge in [-0.1, -0.05) is 62.4 Å². The summed E-state index contributed by atoms with van der Waals surface area (Å²) in [7, 11) is 0. The molecule has 2 fully saturated rings. The summed E-state index contributed by atoms with van der Waals surface area (Å²) in [6.07, 6.45) is 3.29. The summed E-state index contributed by atoms with van der Waals surface area (Å²) in [4.78, 5) is 55.1. The fourth-order valence-corrected chi connectivity index (χ4v) is 8.91. The minimum absolute atomic E-state index is 0.0283. The predicted molar refractivity (Wildman–Crippen MR) is 236 cm³/mol. The van der Waals surface area contributed by atoms with Crippen LogP contribution in [-0.4, -0.2) is 104 Å². The molecule has 318 valence electrons. The van der Waals surface area contributed by atoms with Gasteiger partial charge < -0.3 is 14.5 Å². The normalized spacial score (nSPS) is 17.7. The van der Waals surface area contributed by atoms with Crippen LogP contribution in [0.1, 0.15) is 77.5 Å². The fraction of sp³-hybridized carbons (Fsp3) is 0.458. The lowest BCUT2D eigenvalue weighted by Crippen LogP contribution is -2.48. The molecule has 11 nitrogen and oxygen atoms in total. The Balaban J connectivity index is 1.07. The zero-order valence-electron chi connectivity index (χ0n) is 35.9. The summed E-state index contributed by atoms with van der Waals surface area (Å²) in [5, 5.41) is 0.0477. The van der Waals surface area contributed by atoms with Gasteiger partial charge in [0.2, 0.25) is 5.91 Å². The number of hydrogen-bond donors (Lipinski definition) is 0. The molecule has 1 saturated carbocycles. The number of carbonyl (C=O) groups excluding carboxylic acids is 1. The first kappa shape index (κ1) is 42.9. The Kier molecular flexibility index (Phi) is 13.9. The maximum absolute atomic E-state index is 14.7. The van der Waals surface area contributed by atoms with Gasteiger partial charge >= 0.3 is 5.69 Å². The van der Waals surface area contributed by atoms with Crippen molar-refractivity contribution in [3.63, 3.8) is 0 Å². The third-order valence-corrected chi connectivity index (χ3v) is 12.6. The topological polar surface area (TPSA) is 96.1 Å². The molecule has 0 radical (unpaired) electrons. The van der Waals surface area contributed by atoms with E-state index in [1.165, 1.54) is 20.8 Å². The third kappa shape index (κ3) is 9.88. The SMILES string of the molecule is CCN(CC)CCOc1ccc(CN(C(C)=O)C2CCC(n3c(=O)c4cc(F)cnc4n(-c4cccc(-c5ccc(CN6CCN(C(C)C)CC6)cc5)c4)c3=O)CC2)cc1. The second kappa shape index (κ2) is 19.5. The lowest BCUT2D eigenvalue weighted by atomic mass is 9.89. The highest BCUT2D eigenvalue weighted by atomic mass is 19.1. The molecule has 1 aliphatic heterocycles. The summed E-state index contributed by atoms with van der Waals surface area (Å²) >= 11 is 0. The number of pyridine rings is 1. The van der Waals surface area contributed by atoms with E-state index in [-0.39, 0.29) is 23.0 Å². The van der Waals surface area contributed by atoms with Crippen molar-refractivity contribution in [2.24, 2.45) is 0 Å². The fourth-order valence-electron chi connectivity index (χ4n) is 8.91. The summed E-state index contributed by atoms with van der Waals surface area (Å²) in [5.41, 5.74) is 3.75. The average Bonchev–Trinajstić information content (AvgIpc) is 3.26. The largest absolute Gasteiger partial charge is 0.492 e. The summed E-state index contributed by atoms with van der Waals surface area (Å²) < 4.78 is 23.4. The van der Waals surface area contributed by atoms with Crippen LogP contribution < -0.4 is 16.0 Å². The number of halogens is 1. The quantitative estimate of drug-likeness (QED) is 0.110. The van der Waals surface area contributed by atoms with Crippen molar-refractivity contribution in [1.82, 2.24) is 33.7 Å². The molecule has 5 aromatic rings. The highest BCUT2D eigenvalue weighted by molar-refractivity contribution is 5.77. The van der Waals surface area contributed by atoms with Crippen LogP contribution in [0.25, 0.3) is 27.8 Å². The van der Waals surface area contributed by atoms with Crippen molar-refractivity contribution in [1.29, 1.82) is 0 Å². The first-order chi connectivity index (χ1) is 29.0. The number of fused-ring (bicyclic) bond motifs is 1. The van der Waals surface area contributed by atoms with Crippen LogP contribution in [0.4, 0.5) is 4.39 Å². The van der Waals surface area contributed by atoms with Crippen molar-refractivity contribution in [2.45, 2.75) is 91.5 Å². The minimum atomic E-state index is -0.646. The molecular weight excluding hydrogens is 758 g/mol. The number of amides is 1. The Morgan fingerprint density at radius 1 is 0.867 bits per heavy atom. The van der Waals surface area contributed by atoms with Gasteiger partial charge in [-0.25, -0.2) is 18.7 Å². The van der Waals surface area contributed by atoms with Crippen LogP contribution >= 0.6 is 0 Å². The summed E-state index contributed by atoms with van der Waals surface area (Å²) in [6, 6.07) is 25.3. The minimum Gasteiger partial charge on any atom is -0.492 e. The molecule has 7 rings (SSSR count). The van der Waals surface area contributed by atoms with Gasteiger partial charge in [0.15, 0.2) is 5.65 Å². The van der Waals surface area contributed by atoms with Crippen molar-refractivity contribution in [2.75, 3.05) is 52.4 Å². The zero-order valence-corrected chi connectivity index (χ0v) is 35.9. The molecule has 12 heteroatoms. The molecule has 0 atom stereocenters. The molecule has 0 N–H and O–H groups in total.